The van der Waals surface area contributed by atoms with Crippen molar-refractivity contribution in [3.05, 3.63) is 167 Å². The maximum Gasteiger partial charge on any atom is 0.101 e. The summed E-state index contributed by atoms with van der Waals surface area (Å²) in [6.45, 7) is 9.26. The number of fused-ring (bicyclic) bond motifs is 12. The van der Waals surface area contributed by atoms with E-state index in [0.29, 0.717) is 11.1 Å². The zero-order chi connectivity index (χ0) is 36.7. The molecule has 0 bridgehead atoms. The average Bonchev–Trinajstić information content (AvgIpc) is 3.84. The Balaban J connectivity index is 1.35. The highest BCUT2D eigenvalue weighted by molar-refractivity contribution is 6.15. The highest BCUT2D eigenvalue weighted by atomic mass is 15.1. The van der Waals surface area contributed by atoms with Crippen LogP contribution in [0, 0.1) is 22.7 Å². The van der Waals surface area contributed by atoms with E-state index in [9.17, 15) is 10.5 Å². The van der Waals surface area contributed by atoms with E-state index in [-0.39, 0.29) is 10.8 Å². The summed E-state index contributed by atoms with van der Waals surface area (Å²) in [6, 6.07) is 52.6. The topological polar surface area (TPSA) is 57.4 Å². The Kier molecular flexibility index (Phi) is 5.90. The largest absolute Gasteiger partial charge is 0.307 e. The van der Waals surface area contributed by atoms with E-state index in [0.717, 1.165) is 55.0 Å². The number of nitrogens with zero attached hydrogens (tertiary/aromatic N) is 4. The van der Waals surface area contributed by atoms with Gasteiger partial charge in [-0.05, 0) is 93.0 Å². The van der Waals surface area contributed by atoms with Crippen LogP contribution in [0.3, 0.4) is 0 Å². The highest BCUT2D eigenvalue weighted by Crippen LogP contribution is 2.54. The molecule has 254 valence electrons. The van der Waals surface area contributed by atoms with Crippen LogP contribution >= 0.6 is 0 Å². The standard InChI is InChI=1S/C50H34N4/c1-49(2)39-17-9-5-13-31(39)35-23-37-38-24-36-32-14-6-10-18-40(32)50(3,4)42(36)26-46(38)54(45(37)25-41(35)49)48-30(28-52)21-29(27-51)22-47(48)53-43-19-11-7-15-33(43)34-16-8-12-20-44(34)53/h5-26H,1-4H3. The molecule has 2 aliphatic carbocycles. The lowest BCUT2D eigenvalue weighted by atomic mass is 9.82. The number of hydrogen-bond acceptors (Lipinski definition) is 2. The summed E-state index contributed by atoms with van der Waals surface area (Å²) in [6.07, 6.45) is 0. The SMILES string of the molecule is CC1(C)c2ccccc2-c2cc3c4cc5c(cc4n(-c4c(C#N)cc(C#N)cc4-n4c6ccccc6c6ccccc64)c3cc21)C(C)(C)c1ccccc1-5. The Morgan fingerprint density at radius 3 is 1.41 bits per heavy atom. The zero-order valence-corrected chi connectivity index (χ0v) is 30.5. The quantitative estimate of drug-likeness (QED) is 0.181. The van der Waals surface area contributed by atoms with Crippen molar-refractivity contribution in [1.82, 2.24) is 9.13 Å². The molecule has 54 heavy (non-hydrogen) atoms. The summed E-state index contributed by atoms with van der Waals surface area (Å²) < 4.78 is 4.58. The van der Waals surface area contributed by atoms with E-state index < -0.39 is 0 Å². The molecule has 2 aromatic heterocycles. The predicted octanol–water partition coefficient (Wildman–Crippen LogP) is 12.2. The van der Waals surface area contributed by atoms with E-state index in [2.05, 4.69) is 170 Å². The Bertz CT molecular complexity index is 3070. The molecule has 9 aromatic rings. The highest BCUT2D eigenvalue weighted by Gasteiger charge is 2.39. The molecule has 2 heterocycles. The molecule has 0 radical (unpaired) electrons. The van der Waals surface area contributed by atoms with Crippen molar-refractivity contribution in [2.45, 2.75) is 38.5 Å². The van der Waals surface area contributed by atoms with E-state index in [1.807, 2.05) is 6.07 Å². The van der Waals surface area contributed by atoms with Gasteiger partial charge in [0.1, 0.15) is 6.07 Å². The zero-order valence-electron chi connectivity index (χ0n) is 30.5. The third-order valence-corrected chi connectivity index (χ3v) is 12.6. The fraction of sp³-hybridized carbons (Fsp3) is 0.120. The molecule has 0 fully saturated rings. The first-order valence-electron chi connectivity index (χ1n) is 18.6. The molecule has 11 rings (SSSR count). The number of rotatable bonds is 2. The van der Waals surface area contributed by atoms with Crippen molar-refractivity contribution < 1.29 is 0 Å². The molecule has 0 spiro atoms. The second kappa shape index (κ2) is 10.4. The van der Waals surface area contributed by atoms with Gasteiger partial charge in [0.25, 0.3) is 0 Å². The molecule has 0 aliphatic heterocycles. The van der Waals surface area contributed by atoms with Gasteiger partial charge in [0, 0.05) is 32.4 Å². The van der Waals surface area contributed by atoms with Crippen molar-refractivity contribution in [2.24, 2.45) is 0 Å². The molecule has 0 N–H and O–H groups in total. The number of aromatic nitrogens is 2. The third kappa shape index (κ3) is 3.75. The van der Waals surface area contributed by atoms with Crippen molar-refractivity contribution in [1.29, 1.82) is 10.5 Å². The minimum atomic E-state index is -0.220. The fourth-order valence-electron chi connectivity index (χ4n) is 10.0. The molecule has 0 amide bonds. The fourth-order valence-corrected chi connectivity index (χ4v) is 10.0. The molecule has 2 aliphatic rings. The van der Waals surface area contributed by atoms with Crippen LogP contribution in [0.25, 0.3) is 77.2 Å². The van der Waals surface area contributed by atoms with E-state index >= 15 is 0 Å². The van der Waals surface area contributed by atoms with Crippen LogP contribution in [-0.2, 0) is 10.8 Å². The van der Waals surface area contributed by atoms with Gasteiger partial charge in [0.15, 0.2) is 0 Å². The van der Waals surface area contributed by atoms with Gasteiger partial charge in [-0.25, -0.2) is 0 Å². The minimum Gasteiger partial charge on any atom is -0.307 e. The molecular weight excluding hydrogens is 657 g/mol. The van der Waals surface area contributed by atoms with Gasteiger partial charge in [-0.15, -0.1) is 0 Å². The first-order valence-corrected chi connectivity index (χ1v) is 18.6. The number of para-hydroxylation sites is 2. The Morgan fingerprint density at radius 2 is 0.907 bits per heavy atom. The predicted molar refractivity (Wildman–Crippen MR) is 220 cm³/mol. The van der Waals surface area contributed by atoms with Gasteiger partial charge in [0.05, 0.1) is 50.6 Å². The molecule has 0 saturated heterocycles. The molecule has 0 unspecified atom stereocenters. The molecule has 4 heteroatoms. The summed E-state index contributed by atoms with van der Waals surface area (Å²) in [5, 5.41) is 26.0. The first kappa shape index (κ1) is 30.7. The lowest BCUT2D eigenvalue weighted by molar-refractivity contribution is 0.660. The van der Waals surface area contributed by atoms with Crippen LogP contribution in [0.15, 0.2) is 133 Å². The van der Waals surface area contributed by atoms with E-state index in [4.69, 9.17) is 0 Å². The van der Waals surface area contributed by atoms with Crippen LogP contribution < -0.4 is 0 Å². The number of nitriles is 2. The van der Waals surface area contributed by atoms with E-state index in [1.54, 1.807) is 6.07 Å². The molecule has 0 atom stereocenters. The Labute approximate surface area is 313 Å². The first-order chi connectivity index (χ1) is 26.2. The Morgan fingerprint density at radius 1 is 0.426 bits per heavy atom. The smallest absolute Gasteiger partial charge is 0.101 e. The van der Waals surface area contributed by atoms with Crippen molar-refractivity contribution in [3.63, 3.8) is 0 Å². The summed E-state index contributed by atoms with van der Waals surface area (Å²) in [5.74, 6) is 0. The van der Waals surface area contributed by atoms with Crippen molar-refractivity contribution in [2.75, 3.05) is 0 Å². The lowest BCUT2D eigenvalue weighted by Gasteiger charge is -2.23. The van der Waals surface area contributed by atoms with Gasteiger partial charge in [-0.1, -0.05) is 113 Å². The van der Waals surface area contributed by atoms with Gasteiger partial charge >= 0.3 is 0 Å². The van der Waals surface area contributed by atoms with Crippen LogP contribution in [-0.4, -0.2) is 9.13 Å². The molecular formula is C50H34N4. The molecule has 0 saturated carbocycles. The summed E-state index contributed by atoms with van der Waals surface area (Å²) in [7, 11) is 0. The van der Waals surface area contributed by atoms with Crippen molar-refractivity contribution in [3.8, 4) is 45.8 Å². The Hall–Kier alpha value is -6.88. The van der Waals surface area contributed by atoms with Gasteiger partial charge in [-0.3, -0.25) is 0 Å². The van der Waals surface area contributed by atoms with E-state index in [1.165, 1.54) is 44.5 Å². The maximum atomic E-state index is 11.1. The van der Waals surface area contributed by atoms with Gasteiger partial charge < -0.3 is 9.13 Å². The van der Waals surface area contributed by atoms with Crippen LogP contribution in [0.2, 0.25) is 0 Å². The van der Waals surface area contributed by atoms with Crippen molar-refractivity contribution >= 4 is 43.6 Å². The number of benzene rings is 7. The van der Waals surface area contributed by atoms with Gasteiger partial charge in [0.2, 0.25) is 0 Å². The second-order valence-electron chi connectivity index (χ2n) is 16.0. The normalized spacial score (nSPS) is 14.6. The third-order valence-electron chi connectivity index (χ3n) is 12.6. The van der Waals surface area contributed by atoms with Crippen LogP contribution in [0.1, 0.15) is 61.1 Å². The molecule has 7 aromatic carbocycles. The van der Waals surface area contributed by atoms with Crippen LogP contribution in [0.5, 0.6) is 0 Å². The minimum absolute atomic E-state index is 0.220. The number of hydrogen-bond donors (Lipinski definition) is 0. The maximum absolute atomic E-state index is 11.1. The lowest BCUT2D eigenvalue weighted by Crippen LogP contribution is -2.15. The van der Waals surface area contributed by atoms with Gasteiger partial charge in [-0.2, -0.15) is 10.5 Å². The summed E-state index contributed by atoms with van der Waals surface area (Å²) >= 11 is 0. The average molecular weight is 691 g/mol. The second-order valence-corrected chi connectivity index (χ2v) is 16.0. The van der Waals surface area contributed by atoms with Crippen LogP contribution in [0.4, 0.5) is 0 Å². The summed E-state index contributed by atoms with van der Waals surface area (Å²) in [5.41, 5.74) is 16.4. The summed E-state index contributed by atoms with van der Waals surface area (Å²) in [4.78, 5) is 0. The monoisotopic (exact) mass is 690 g/mol. The molecule has 4 nitrogen and oxygen atoms in total.